The van der Waals surface area contributed by atoms with Crippen LogP contribution in [0.25, 0.3) is 5.69 Å². The lowest BCUT2D eigenvalue weighted by Crippen LogP contribution is -2.97. The molecule has 2 heterocycles. The Bertz CT molecular complexity index is 1460. The molecule has 35 heavy (non-hydrogen) atoms. The molecular weight excluding hydrogens is 488 g/mol. The minimum Gasteiger partial charge on any atom is -0.273 e. The quantitative estimate of drug-likeness (QED) is 0.287. The molecule has 182 valence electrons. The van der Waals surface area contributed by atoms with Crippen LogP contribution in [-0.2, 0) is 5.54 Å². The number of benzene rings is 2. The van der Waals surface area contributed by atoms with Crippen molar-refractivity contribution < 1.29 is 36.3 Å². The summed E-state index contributed by atoms with van der Waals surface area (Å²) in [6.07, 6.45) is -12.3. The van der Waals surface area contributed by atoms with Gasteiger partial charge in [-0.3, -0.25) is 19.9 Å². The fourth-order valence-electron chi connectivity index (χ4n) is 3.73. The summed E-state index contributed by atoms with van der Waals surface area (Å²) in [5.41, 5.74) is -11.3. The smallest absolute Gasteiger partial charge is 0.273 e. The van der Waals surface area contributed by atoms with Gasteiger partial charge in [-0.25, -0.2) is 19.7 Å². The molecule has 1 aliphatic heterocycles. The standard InChI is InChI=1S/C20H11F6N5O4/c21-19(22,23)18(20(24,25)26)13-15(27-14(29-18)10-5-4-8-12(9-10)31(34)35)30(17(33)28-16(13)32)11-6-2-1-3-7-11/h1-9H,(H,27,29)(H,28,32,33)/p+1. The highest BCUT2D eigenvalue weighted by atomic mass is 19.4. The highest BCUT2D eigenvalue weighted by Crippen LogP contribution is 2.48. The van der Waals surface area contributed by atoms with Crippen molar-refractivity contribution in [3.05, 3.63) is 96.7 Å². The van der Waals surface area contributed by atoms with Gasteiger partial charge in [0.25, 0.3) is 17.1 Å². The lowest BCUT2D eigenvalue weighted by Gasteiger charge is -2.35. The van der Waals surface area contributed by atoms with Gasteiger partial charge in [0, 0.05) is 12.1 Å². The van der Waals surface area contributed by atoms with E-state index in [2.05, 4.69) is 5.32 Å². The highest BCUT2D eigenvalue weighted by molar-refractivity contribution is 6.05. The number of nitrogens with one attached hydrogen (secondary N) is 3. The van der Waals surface area contributed by atoms with E-state index in [1.54, 1.807) is 0 Å². The SMILES string of the molecule is O=c1[nH]c(=O)n(-c2ccccc2)c2c1C(C(F)(F)F)(C(F)(F)F)[NH+]=C(c1cccc([N+](=O)[O-])c1)N2. The minimum atomic E-state index is -6.15. The molecular formula is C20H12F6N5O4+. The summed E-state index contributed by atoms with van der Waals surface area (Å²) in [5, 5.41) is 13.4. The molecule has 0 saturated heterocycles. The second-order valence-electron chi connectivity index (χ2n) is 7.33. The van der Waals surface area contributed by atoms with E-state index < -0.39 is 62.5 Å². The lowest BCUT2D eigenvalue weighted by molar-refractivity contribution is -0.658. The Labute approximate surface area is 189 Å². The van der Waals surface area contributed by atoms with E-state index in [0.717, 1.165) is 24.3 Å². The van der Waals surface area contributed by atoms with Gasteiger partial charge in [-0.15, -0.1) is 0 Å². The van der Waals surface area contributed by atoms with Gasteiger partial charge in [0.1, 0.15) is 5.56 Å². The van der Waals surface area contributed by atoms with Gasteiger partial charge in [0.15, 0.2) is 0 Å². The number of nitrogens with zero attached hydrogens (tertiary/aromatic N) is 2. The Morgan fingerprint density at radius 2 is 1.57 bits per heavy atom. The van der Waals surface area contributed by atoms with Crippen LogP contribution in [0.4, 0.5) is 37.8 Å². The molecule has 1 aliphatic rings. The maximum atomic E-state index is 14.3. The Morgan fingerprint density at radius 3 is 2.14 bits per heavy atom. The Morgan fingerprint density at radius 1 is 0.943 bits per heavy atom. The number of aromatic amines is 1. The fraction of sp³-hybridized carbons (Fsp3) is 0.150. The first-order valence-corrected chi connectivity index (χ1v) is 9.53. The third-order valence-electron chi connectivity index (χ3n) is 5.25. The molecule has 0 aliphatic carbocycles. The van der Waals surface area contributed by atoms with Crippen LogP contribution in [0.1, 0.15) is 11.1 Å². The predicted octanol–water partition coefficient (Wildman–Crippen LogP) is 1.71. The summed E-state index contributed by atoms with van der Waals surface area (Å²) in [6, 6.07) is 10.4. The molecule has 0 radical (unpaired) electrons. The lowest BCUT2D eigenvalue weighted by atomic mass is 9.87. The Hall–Kier alpha value is -4.43. The van der Waals surface area contributed by atoms with Gasteiger partial charge in [-0.1, -0.05) is 24.3 Å². The average Bonchev–Trinajstić information content (AvgIpc) is 2.77. The number of amidine groups is 1. The molecule has 0 saturated carbocycles. The number of aromatic nitrogens is 2. The number of nitro groups is 1. The van der Waals surface area contributed by atoms with E-state index in [9.17, 15) is 46.0 Å². The Kier molecular flexibility index (Phi) is 5.30. The number of alkyl halides is 6. The van der Waals surface area contributed by atoms with Gasteiger partial charge in [0.05, 0.1) is 16.2 Å². The van der Waals surface area contributed by atoms with Crippen molar-refractivity contribution in [2.75, 3.05) is 5.32 Å². The molecule has 9 nitrogen and oxygen atoms in total. The van der Waals surface area contributed by atoms with Crippen LogP contribution in [0, 0.1) is 10.1 Å². The maximum absolute atomic E-state index is 14.3. The van der Waals surface area contributed by atoms with Crippen molar-refractivity contribution in [3.63, 3.8) is 0 Å². The number of fused-ring (bicyclic) bond motifs is 1. The van der Waals surface area contributed by atoms with Gasteiger partial charge < -0.3 is 0 Å². The fourth-order valence-corrected chi connectivity index (χ4v) is 3.73. The van der Waals surface area contributed by atoms with Gasteiger partial charge in [0.2, 0.25) is 5.82 Å². The molecule has 15 heteroatoms. The van der Waals surface area contributed by atoms with Crippen molar-refractivity contribution in [1.82, 2.24) is 9.55 Å². The van der Waals surface area contributed by atoms with Crippen molar-refractivity contribution in [2.45, 2.75) is 17.9 Å². The minimum absolute atomic E-state index is 0.156. The largest absolute Gasteiger partial charge is 0.446 e. The summed E-state index contributed by atoms with van der Waals surface area (Å²) in [4.78, 5) is 38.2. The first-order chi connectivity index (χ1) is 16.3. The monoisotopic (exact) mass is 500 g/mol. The van der Waals surface area contributed by atoms with E-state index in [1.165, 1.54) is 40.3 Å². The third-order valence-corrected chi connectivity index (χ3v) is 5.25. The summed E-state index contributed by atoms with van der Waals surface area (Å²) in [5.74, 6) is -2.08. The zero-order valence-electron chi connectivity index (χ0n) is 17.0. The van der Waals surface area contributed by atoms with Crippen LogP contribution in [0.15, 0.2) is 64.2 Å². The van der Waals surface area contributed by atoms with Crippen LogP contribution in [0.3, 0.4) is 0 Å². The highest BCUT2D eigenvalue weighted by Gasteiger charge is 2.78. The molecule has 0 amide bonds. The van der Waals surface area contributed by atoms with Crippen LogP contribution in [0.2, 0.25) is 0 Å². The van der Waals surface area contributed by atoms with Gasteiger partial charge in [-0.2, -0.15) is 26.3 Å². The molecule has 3 N–H and O–H groups in total. The second kappa shape index (κ2) is 7.82. The molecule has 1 aromatic heterocycles. The number of nitro benzene ring substituents is 1. The molecule has 4 rings (SSSR count). The van der Waals surface area contributed by atoms with Gasteiger partial charge in [-0.05, 0) is 18.2 Å². The van der Waals surface area contributed by atoms with E-state index >= 15 is 0 Å². The van der Waals surface area contributed by atoms with Crippen molar-refractivity contribution in [2.24, 2.45) is 0 Å². The number of rotatable bonds is 3. The first kappa shape index (κ1) is 23.7. The number of hydrogen-bond acceptors (Lipinski definition) is 5. The van der Waals surface area contributed by atoms with Crippen LogP contribution in [0.5, 0.6) is 0 Å². The molecule has 0 bridgehead atoms. The van der Waals surface area contributed by atoms with Crippen LogP contribution < -0.4 is 21.6 Å². The van der Waals surface area contributed by atoms with Crippen molar-refractivity contribution in [1.29, 1.82) is 0 Å². The van der Waals surface area contributed by atoms with E-state index in [0.29, 0.717) is 4.57 Å². The van der Waals surface area contributed by atoms with E-state index in [1.807, 2.05) is 0 Å². The summed E-state index contributed by atoms with van der Waals surface area (Å²) in [7, 11) is 0. The topological polar surface area (TPSA) is 124 Å². The number of H-pyrrole nitrogens is 1. The number of anilines is 1. The predicted molar refractivity (Wildman–Crippen MR) is 108 cm³/mol. The number of halogens is 6. The molecule has 0 spiro atoms. The van der Waals surface area contributed by atoms with E-state index in [-0.39, 0.29) is 5.69 Å². The van der Waals surface area contributed by atoms with Crippen LogP contribution in [-0.4, -0.2) is 32.7 Å². The number of hydrogen-bond donors (Lipinski definition) is 3. The summed E-state index contributed by atoms with van der Waals surface area (Å²) < 4.78 is 86.3. The maximum Gasteiger partial charge on any atom is 0.446 e. The zero-order valence-corrected chi connectivity index (χ0v) is 17.0. The van der Waals surface area contributed by atoms with E-state index in [4.69, 9.17) is 0 Å². The number of non-ortho nitro benzene ring substituents is 1. The first-order valence-electron chi connectivity index (χ1n) is 9.53. The zero-order chi connectivity index (χ0) is 25.8. The second-order valence-corrected chi connectivity index (χ2v) is 7.33. The normalized spacial score (nSPS) is 15.1. The number of para-hydroxylation sites is 1. The molecule has 0 fully saturated rings. The molecule has 0 unspecified atom stereocenters. The van der Waals surface area contributed by atoms with Gasteiger partial charge >= 0.3 is 23.6 Å². The van der Waals surface area contributed by atoms with Crippen molar-refractivity contribution in [3.8, 4) is 5.69 Å². The molecule has 3 aromatic rings. The summed E-state index contributed by atoms with van der Waals surface area (Å²) >= 11 is 0. The summed E-state index contributed by atoms with van der Waals surface area (Å²) in [6.45, 7) is 0. The molecule has 2 aromatic carbocycles. The van der Waals surface area contributed by atoms with Crippen molar-refractivity contribution >= 4 is 17.3 Å². The van der Waals surface area contributed by atoms with Crippen LogP contribution >= 0.6 is 0 Å². The molecule has 0 atom stereocenters. The average molecular weight is 500 g/mol. The third kappa shape index (κ3) is 3.64. The Balaban J connectivity index is 2.17.